The van der Waals surface area contributed by atoms with Gasteiger partial charge in [0.2, 0.25) is 0 Å². The van der Waals surface area contributed by atoms with Gasteiger partial charge >= 0.3 is 5.97 Å². The van der Waals surface area contributed by atoms with Gasteiger partial charge in [-0.25, -0.2) is 4.79 Å². The molecule has 0 amide bonds. The molecule has 0 aliphatic carbocycles. The van der Waals surface area contributed by atoms with Crippen LogP contribution in [-0.2, 0) is 14.3 Å². The van der Waals surface area contributed by atoms with Crippen LogP contribution in [0.25, 0.3) is 0 Å². The Morgan fingerprint density at radius 2 is 2.21 bits per heavy atom. The summed E-state index contributed by atoms with van der Waals surface area (Å²) in [5.41, 5.74) is 5.08. The Labute approximate surface area is 84.7 Å². The first-order valence-electron chi connectivity index (χ1n) is 4.98. The molecule has 1 fully saturated rings. The normalized spacial score (nSPS) is 27.7. The Kier molecular flexibility index (Phi) is 3.50. The van der Waals surface area contributed by atoms with E-state index in [9.17, 15) is 4.79 Å². The molecule has 1 aliphatic heterocycles. The number of esters is 1. The van der Waals surface area contributed by atoms with E-state index < -0.39 is 11.7 Å². The lowest BCUT2D eigenvalue weighted by atomic mass is 10.0. The van der Waals surface area contributed by atoms with Crippen molar-refractivity contribution < 1.29 is 14.3 Å². The molecular formula is C10H19NO3. The fourth-order valence-corrected chi connectivity index (χ4v) is 1.50. The van der Waals surface area contributed by atoms with Crippen LogP contribution in [0.15, 0.2) is 0 Å². The average Bonchev–Trinajstić information content (AvgIpc) is 2.47. The van der Waals surface area contributed by atoms with Gasteiger partial charge in [-0.15, -0.1) is 0 Å². The molecule has 82 valence electrons. The van der Waals surface area contributed by atoms with Gasteiger partial charge in [0.1, 0.15) is 5.60 Å². The van der Waals surface area contributed by atoms with E-state index in [4.69, 9.17) is 15.2 Å². The first-order valence-corrected chi connectivity index (χ1v) is 4.98. The highest BCUT2D eigenvalue weighted by Crippen LogP contribution is 2.22. The molecule has 0 aromatic carbocycles. The summed E-state index contributed by atoms with van der Waals surface area (Å²) in [5.74, 6) is -0.171. The molecule has 0 saturated carbocycles. The first kappa shape index (κ1) is 11.5. The third-order valence-electron chi connectivity index (χ3n) is 2.16. The lowest BCUT2D eigenvalue weighted by Gasteiger charge is -2.23. The molecule has 0 radical (unpaired) electrons. The Morgan fingerprint density at radius 1 is 1.57 bits per heavy atom. The summed E-state index contributed by atoms with van der Waals surface area (Å²) in [6.45, 7) is 6.61. The lowest BCUT2D eigenvalue weighted by Crippen LogP contribution is -2.37. The zero-order chi connectivity index (χ0) is 10.8. The summed E-state index contributed by atoms with van der Waals surface area (Å²) in [4.78, 5) is 11.6. The van der Waals surface area contributed by atoms with E-state index in [0.29, 0.717) is 13.2 Å². The molecule has 2 N–H and O–H groups in total. The third-order valence-corrected chi connectivity index (χ3v) is 2.16. The largest absolute Gasteiger partial charge is 0.458 e. The maximum absolute atomic E-state index is 11.6. The van der Waals surface area contributed by atoms with Crippen LogP contribution in [0.3, 0.4) is 0 Å². The topological polar surface area (TPSA) is 61.5 Å². The summed E-state index contributed by atoms with van der Waals surface area (Å²) in [6.07, 6.45) is 0.389. The van der Waals surface area contributed by atoms with Crippen molar-refractivity contribution in [2.24, 2.45) is 11.7 Å². The minimum atomic E-state index is -0.459. The fourth-order valence-electron chi connectivity index (χ4n) is 1.50. The summed E-state index contributed by atoms with van der Waals surface area (Å²) >= 11 is 0. The monoisotopic (exact) mass is 201 g/mol. The number of hydrogen-bond acceptors (Lipinski definition) is 4. The highest BCUT2D eigenvalue weighted by Gasteiger charge is 2.36. The van der Waals surface area contributed by atoms with Crippen LogP contribution in [0.1, 0.15) is 27.2 Å². The number of ether oxygens (including phenoxy) is 2. The van der Waals surface area contributed by atoms with Gasteiger partial charge in [-0.2, -0.15) is 0 Å². The maximum atomic E-state index is 11.6. The smallest absolute Gasteiger partial charge is 0.336 e. The molecule has 0 unspecified atom stereocenters. The van der Waals surface area contributed by atoms with Gasteiger partial charge in [0.05, 0.1) is 0 Å². The van der Waals surface area contributed by atoms with Crippen LogP contribution in [-0.4, -0.2) is 30.8 Å². The number of hydrogen-bond donors (Lipinski definition) is 1. The van der Waals surface area contributed by atoms with Gasteiger partial charge in [-0.1, -0.05) is 0 Å². The van der Waals surface area contributed by atoms with Crippen molar-refractivity contribution in [2.75, 3.05) is 13.2 Å². The van der Waals surface area contributed by atoms with E-state index in [1.807, 2.05) is 20.8 Å². The van der Waals surface area contributed by atoms with Gasteiger partial charge in [0.25, 0.3) is 0 Å². The van der Waals surface area contributed by atoms with E-state index in [-0.39, 0.29) is 11.9 Å². The van der Waals surface area contributed by atoms with Crippen molar-refractivity contribution in [3.63, 3.8) is 0 Å². The molecule has 1 rings (SSSR count). The summed E-state index contributed by atoms with van der Waals surface area (Å²) < 4.78 is 10.5. The second kappa shape index (κ2) is 4.28. The van der Waals surface area contributed by atoms with Crippen molar-refractivity contribution in [3.05, 3.63) is 0 Å². The van der Waals surface area contributed by atoms with Crippen LogP contribution in [0.4, 0.5) is 0 Å². The van der Waals surface area contributed by atoms with Crippen LogP contribution < -0.4 is 5.73 Å². The molecule has 4 heteroatoms. The fraction of sp³-hybridized carbons (Fsp3) is 0.900. The first-order chi connectivity index (χ1) is 6.44. The molecule has 1 heterocycles. The van der Waals surface area contributed by atoms with Gasteiger partial charge < -0.3 is 15.2 Å². The minimum Gasteiger partial charge on any atom is -0.458 e. The van der Waals surface area contributed by atoms with Crippen LogP contribution in [0.5, 0.6) is 0 Å². The summed E-state index contributed by atoms with van der Waals surface area (Å²) in [7, 11) is 0. The quantitative estimate of drug-likeness (QED) is 0.668. The second-order valence-corrected chi connectivity index (χ2v) is 4.61. The van der Waals surface area contributed by atoms with Gasteiger partial charge in [-0.3, -0.25) is 0 Å². The highest BCUT2D eigenvalue weighted by atomic mass is 16.6. The average molecular weight is 201 g/mol. The van der Waals surface area contributed by atoms with Crippen molar-refractivity contribution in [2.45, 2.75) is 38.9 Å². The lowest BCUT2D eigenvalue weighted by molar-refractivity contribution is -0.167. The molecule has 14 heavy (non-hydrogen) atoms. The van der Waals surface area contributed by atoms with Crippen molar-refractivity contribution in [3.8, 4) is 0 Å². The Bertz CT molecular complexity index is 210. The third kappa shape index (κ3) is 2.96. The molecule has 0 spiro atoms. The molecule has 0 aromatic heterocycles. The van der Waals surface area contributed by atoms with Crippen molar-refractivity contribution in [1.29, 1.82) is 0 Å². The van der Waals surface area contributed by atoms with Gasteiger partial charge in [0, 0.05) is 12.5 Å². The highest BCUT2D eigenvalue weighted by molar-refractivity contribution is 5.75. The second-order valence-electron chi connectivity index (χ2n) is 4.61. The summed E-state index contributed by atoms with van der Waals surface area (Å²) in [5, 5.41) is 0. The van der Waals surface area contributed by atoms with Crippen molar-refractivity contribution >= 4 is 5.97 Å². The van der Waals surface area contributed by atoms with E-state index in [1.165, 1.54) is 0 Å². The van der Waals surface area contributed by atoms with E-state index in [0.717, 1.165) is 6.42 Å². The number of carbonyl (C=O) groups excluding carboxylic acids is 1. The van der Waals surface area contributed by atoms with E-state index >= 15 is 0 Å². The molecular weight excluding hydrogens is 182 g/mol. The zero-order valence-electron chi connectivity index (χ0n) is 9.08. The van der Waals surface area contributed by atoms with Crippen LogP contribution in [0, 0.1) is 5.92 Å². The van der Waals surface area contributed by atoms with E-state index in [2.05, 4.69) is 0 Å². The Balaban J connectivity index is 2.52. The SMILES string of the molecule is CC(C)(C)OC(=O)[C@@H]1OCC[C@@H]1CN. The number of nitrogens with two attached hydrogens (primary N) is 1. The molecule has 0 aromatic rings. The molecule has 1 aliphatic rings. The molecule has 2 atom stereocenters. The number of rotatable bonds is 2. The molecule has 4 nitrogen and oxygen atoms in total. The van der Waals surface area contributed by atoms with Crippen LogP contribution in [0.2, 0.25) is 0 Å². The maximum Gasteiger partial charge on any atom is 0.336 e. The zero-order valence-corrected chi connectivity index (χ0v) is 9.08. The predicted octanol–water partition coefficient (Wildman–Crippen LogP) is 0.692. The van der Waals surface area contributed by atoms with Crippen LogP contribution >= 0.6 is 0 Å². The standard InChI is InChI=1S/C10H19NO3/c1-10(2,3)14-9(12)8-7(6-11)4-5-13-8/h7-8H,4-6,11H2,1-3H3/t7-,8-/m1/s1. The van der Waals surface area contributed by atoms with Gasteiger partial charge in [-0.05, 0) is 33.7 Å². The van der Waals surface area contributed by atoms with Crippen molar-refractivity contribution in [1.82, 2.24) is 0 Å². The Hall–Kier alpha value is -0.610. The molecule has 0 bridgehead atoms. The molecule has 1 saturated heterocycles. The minimum absolute atomic E-state index is 0.116. The summed E-state index contributed by atoms with van der Waals surface area (Å²) in [6, 6.07) is 0. The number of carbonyl (C=O) groups is 1. The predicted molar refractivity (Wildman–Crippen MR) is 52.7 cm³/mol. The van der Waals surface area contributed by atoms with Gasteiger partial charge in [0.15, 0.2) is 6.10 Å². The van der Waals surface area contributed by atoms with E-state index in [1.54, 1.807) is 0 Å². The Morgan fingerprint density at radius 3 is 2.71 bits per heavy atom.